The zero-order chi connectivity index (χ0) is 22.8. The Hall–Kier alpha value is -4.46. The van der Waals surface area contributed by atoms with Crippen molar-refractivity contribution in [3.63, 3.8) is 0 Å². The maximum atomic E-state index is 6.07. The minimum absolute atomic E-state index is 0.474. The molecule has 0 radical (unpaired) electrons. The van der Waals surface area contributed by atoms with Gasteiger partial charge in [-0.3, -0.25) is 0 Å². The third kappa shape index (κ3) is 4.31. The van der Waals surface area contributed by atoms with Crippen molar-refractivity contribution in [3.05, 3.63) is 78.1 Å². The topological polar surface area (TPSA) is 101 Å². The minimum atomic E-state index is 0.474. The maximum Gasteiger partial charge on any atom is 0.228 e. The zero-order valence-corrected chi connectivity index (χ0v) is 18.5. The van der Waals surface area contributed by atoms with Crippen molar-refractivity contribution in [1.82, 2.24) is 24.9 Å². The van der Waals surface area contributed by atoms with E-state index in [2.05, 4.69) is 61.5 Å². The molecule has 0 fully saturated rings. The molecule has 8 nitrogen and oxygen atoms in total. The van der Waals surface area contributed by atoms with Crippen LogP contribution in [0.5, 0.6) is 11.6 Å². The summed E-state index contributed by atoms with van der Waals surface area (Å²) in [5.41, 5.74) is 6.81. The highest BCUT2D eigenvalue weighted by Gasteiger charge is 2.11. The fourth-order valence-corrected chi connectivity index (χ4v) is 3.48. The summed E-state index contributed by atoms with van der Waals surface area (Å²) in [6.45, 7) is 4.19. The van der Waals surface area contributed by atoms with E-state index < -0.39 is 0 Å². The van der Waals surface area contributed by atoms with Gasteiger partial charge in [-0.15, -0.1) is 0 Å². The number of nitrogens with one attached hydrogen (secondary N) is 3. The molecule has 0 aliphatic carbocycles. The molecule has 0 saturated heterocycles. The summed E-state index contributed by atoms with van der Waals surface area (Å²) in [4.78, 5) is 21.0. The Balaban J connectivity index is 1.35. The van der Waals surface area contributed by atoms with Crippen LogP contribution in [0.2, 0.25) is 0 Å². The van der Waals surface area contributed by atoms with Gasteiger partial charge in [0.2, 0.25) is 17.8 Å². The Labute approximate surface area is 191 Å². The van der Waals surface area contributed by atoms with E-state index in [4.69, 9.17) is 4.74 Å². The summed E-state index contributed by atoms with van der Waals surface area (Å²) in [6.07, 6.45) is 3.39. The summed E-state index contributed by atoms with van der Waals surface area (Å²) in [5, 5.41) is 6.26. The average Bonchev–Trinajstić information content (AvgIpc) is 3.21. The molecule has 164 valence electrons. The molecule has 3 N–H and O–H groups in total. The second-order valence-electron chi connectivity index (χ2n) is 7.66. The first-order chi connectivity index (χ1) is 16.1. The van der Waals surface area contributed by atoms with Crippen LogP contribution in [0.4, 0.5) is 17.6 Å². The van der Waals surface area contributed by atoms with E-state index in [1.807, 2.05) is 42.5 Å². The molecule has 5 aromatic rings. The van der Waals surface area contributed by atoms with E-state index in [0.29, 0.717) is 23.5 Å². The first-order valence-corrected chi connectivity index (χ1v) is 10.6. The highest BCUT2D eigenvalue weighted by molar-refractivity contribution is 5.80. The number of hydrogen-bond acceptors (Lipinski definition) is 7. The predicted molar refractivity (Wildman–Crippen MR) is 130 cm³/mol. The first-order valence-electron chi connectivity index (χ1n) is 10.6. The van der Waals surface area contributed by atoms with Gasteiger partial charge in [0.15, 0.2) is 0 Å². The van der Waals surface area contributed by atoms with Crippen molar-refractivity contribution in [3.8, 4) is 22.9 Å². The molecular formula is C25H23N7O. The van der Waals surface area contributed by atoms with Gasteiger partial charge >= 0.3 is 0 Å². The van der Waals surface area contributed by atoms with Crippen LogP contribution in [0.3, 0.4) is 0 Å². The second-order valence-corrected chi connectivity index (χ2v) is 7.66. The molecule has 0 spiro atoms. The van der Waals surface area contributed by atoms with Crippen LogP contribution in [0.1, 0.15) is 11.1 Å². The Bertz CT molecular complexity index is 1390. The fraction of sp³-hybridized carbons (Fsp3) is 0.120. The molecule has 2 aromatic carbocycles. The lowest BCUT2D eigenvalue weighted by atomic mass is 10.1. The van der Waals surface area contributed by atoms with Crippen molar-refractivity contribution in [2.45, 2.75) is 13.8 Å². The second kappa shape index (κ2) is 8.58. The van der Waals surface area contributed by atoms with Crippen LogP contribution in [0.25, 0.3) is 22.3 Å². The molecule has 3 aromatic heterocycles. The van der Waals surface area contributed by atoms with Crippen molar-refractivity contribution >= 4 is 28.6 Å². The standard InChI is InChI=1S/C25H23N7O/c1-15-13-21-22(14-16(15)2)32-25(31-21)29-17-6-8-18(9-7-17)33-23-19(5-4-11-27-23)20-10-12-28-24(26-3)30-20/h4-14H,1-3H3,(H,26,28,30)(H2,29,31,32). The number of aromatic nitrogens is 5. The third-order valence-electron chi connectivity index (χ3n) is 5.36. The van der Waals surface area contributed by atoms with Crippen LogP contribution >= 0.6 is 0 Å². The summed E-state index contributed by atoms with van der Waals surface area (Å²) in [5.74, 6) is 2.37. The lowest BCUT2D eigenvalue weighted by Gasteiger charge is -2.11. The molecule has 0 saturated carbocycles. The van der Waals surface area contributed by atoms with Gasteiger partial charge in [0.1, 0.15) is 5.75 Å². The van der Waals surface area contributed by atoms with E-state index in [1.165, 1.54) is 11.1 Å². The third-order valence-corrected chi connectivity index (χ3v) is 5.36. The van der Waals surface area contributed by atoms with Crippen molar-refractivity contribution in [2.75, 3.05) is 17.7 Å². The van der Waals surface area contributed by atoms with E-state index >= 15 is 0 Å². The minimum Gasteiger partial charge on any atom is -0.438 e. The number of aryl methyl sites for hydroxylation is 2. The highest BCUT2D eigenvalue weighted by atomic mass is 16.5. The van der Waals surface area contributed by atoms with Crippen LogP contribution in [-0.4, -0.2) is 32.0 Å². The quantitative estimate of drug-likeness (QED) is 0.317. The lowest BCUT2D eigenvalue weighted by molar-refractivity contribution is 0.465. The number of hydrogen-bond donors (Lipinski definition) is 3. The summed E-state index contributed by atoms with van der Waals surface area (Å²) in [6, 6.07) is 17.4. The van der Waals surface area contributed by atoms with Crippen LogP contribution < -0.4 is 15.4 Å². The molecule has 3 heterocycles. The molecule has 0 aliphatic rings. The van der Waals surface area contributed by atoms with Crippen molar-refractivity contribution < 1.29 is 4.74 Å². The summed E-state index contributed by atoms with van der Waals surface area (Å²) < 4.78 is 6.07. The van der Waals surface area contributed by atoms with Gasteiger partial charge in [-0.1, -0.05) is 0 Å². The normalized spacial score (nSPS) is 10.9. The first kappa shape index (κ1) is 20.4. The van der Waals surface area contributed by atoms with Crippen LogP contribution in [-0.2, 0) is 0 Å². The molecule has 8 heteroatoms. The van der Waals surface area contributed by atoms with Gasteiger partial charge in [0.25, 0.3) is 0 Å². The lowest BCUT2D eigenvalue weighted by Crippen LogP contribution is -1.98. The Morgan fingerprint density at radius 1 is 0.879 bits per heavy atom. The van der Waals surface area contributed by atoms with Crippen molar-refractivity contribution in [1.29, 1.82) is 0 Å². The Morgan fingerprint density at radius 2 is 1.70 bits per heavy atom. The van der Waals surface area contributed by atoms with Crippen LogP contribution in [0, 0.1) is 13.8 Å². The molecule has 0 amide bonds. The van der Waals surface area contributed by atoms with Crippen molar-refractivity contribution in [2.24, 2.45) is 0 Å². The van der Waals surface area contributed by atoms with E-state index in [9.17, 15) is 0 Å². The highest BCUT2D eigenvalue weighted by Crippen LogP contribution is 2.31. The monoisotopic (exact) mass is 437 g/mol. The predicted octanol–water partition coefficient (Wildman–Crippen LogP) is 5.61. The Kier molecular flexibility index (Phi) is 5.32. The number of benzene rings is 2. The molecule has 0 atom stereocenters. The van der Waals surface area contributed by atoms with E-state index in [0.717, 1.165) is 28.0 Å². The molecule has 33 heavy (non-hydrogen) atoms. The van der Waals surface area contributed by atoms with Gasteiger partial charge in [-0.05, 0) is 79.6 Å². The number of anilines is 3. The summed E-state index contributed by atoms with van der Waals surface area (Å²) >= 11 is 0. The van der Waals surface area contributed by atoms with Gasteiger partial charge in [-0.25, -0.2) is 19.9 Å². The average molecular weight is 438 g/mol. The van der Waals surface area contributed by atoms with Gasteiger partial charge in [0.05, 0.1) is 22.3 Å². The largest absolute Gasteiger partial charge is 0.438 e. The molecular weight excluding hydrogens is 414 g/mol. The molecule has 0 bridgehead atoms. The molecule has 0 aliphatic heterocycles. The SMILES string of the molecule is CNc1nccc(-c2cccnc2Oc2ccc(Nc3nc4cc(C)c(C)cc4[nH]3)cc2)n1. The smallest absolute Gasteiger partial charge is 0.228 e. The molecule has 0 unspecified atom stereocenters. The number of aromatic amines is 1. The van der Waals surface area contributed by atoms with Gasteiger partial charge in [0, 0.05) is 25.1 Å². The number of pyridine rings is 1. The molecule has 5 rings (SSSR count). The zero-order valence-electron chi connectivity index (χ0n) is 18.5. The van der Waals surface area contributed by atoms with Crippen LogP contribution in [0.15, 0.2) is 67.0 Å². The number of imidazole rings is 1. The maximum absolute atomic E-state index is 6.07. The number of nitrogens with zero attached hydrogens (tertiary/aromatic N) is 4. The number of ether oxygens (including phenoxy) is 1. The number of H-pyrrole nitrogens is 1. The Morgan fingerprint density at radius 3 is 2.52 bits per heavy atom. The van der Waals surface area contributed by atoms with Gasteiger partial charge < -0.3 is 20.4 Å². The number of rotatable bonds is 6. The van der Waals surface area contributed by atoms with Gasteiger partial charge in [-0.2, -0.15) is 0 Å². The number of fused-ring (bicyclic) bond motifs is 1. The van der Waals surface area contributed by atoms with E-state index in [1.54, 1.807) is 19.4 Å². The van der Waals surface area contributed by atoms with E-state index in [-0.39, 0.29) is 0 Å². The summed E-state index contributed by atoms with van der Waals surface area (Å²) in [7, 11) is 1.78. The fourth-order valence-electron chi connectivity index (χ4n) is 3.48.